The first kappa shape index (κ1) is 20.6. The second-order valence-corrected chi connectivity index (χ2v) is 8.40. The van der Waals surface area contributed by atoms with Crippen molar-refractivity contribution in [1.82, 2.24) is 0 Å². The van der Waals surface area contributed by atoms with Crippen molar-refractivity contribution in [3.8, 4) is 5.75 Å². The van der Waals surface area contributed by atoms with Gasteiger partial charge in [0.2, 0.25) is 0 Å². The summed E-state index contributed by atoms with van der Waals surface area (Å²) in [6.45, 7) is 3.71. The van der Waals surface area contributed by atoms with Crippen LogP contribution in [0, 0.1) is 11.6 Å². The normalized spacial score (nSPS) is 28.3. The molecule has 2 aromatic rings. The molecule has 3 atom stereocenters. The van der Waals surface area contributed by atoms with E-state index >= 15 is 0 Å². The number of phenols is 1. The molecule has 1 N–H and O–H groups in total. The molecule has 30 heavy (non-hydrogen) atoms. The van der Waals surface area contributed by atoms with Crippen molar-refractivity contribution < 1.29 is 23.5 Å². The Morgan fingerprint density at radius 1 is 1.10 bits per heavy atom. The first-order valence-corrected chi connectivity index (χ1v) is 9.74. The van der Waals surface area contributed by atoms with Gasteiger partial charge in [-0.15, -0.1) is 23.2 Å². The van der Waals surface area contributed by atoms with E-state index in [0.717, 1.165) is 23.1 Å². The zero-order valence-corrected chi connectivity index (χ0v) is 16.9. The van der Waals surface area contributed by atoms with Crippen LogP contribution in [0.1, 0.15) is 17.9 Å². The van der Waals surface area contributed by atoms with E-state index in [9.17, 15) is 23.5 Å². The van der Waals surface area contributed by atoms with E-state index < -0.39 is 44.9 Å². The van der Waals surface area contributed by atoms with Crippen LogP contribution in [0.15, 0.2) is 66.8 Å². The lowest BCUT2D eigenvalue weighted by Crippen LogP contribution is -2.54. The van der Waals surface area contributed by atoms with E-state index in [1.165, 1.54) is 30.3 Å². The molecule has 0 saturated carbocycles. The van der Waals surface area contributed by atoms with E-state index in [2.05, 4.69) is 6.58 Å². The van der Waals surface area contributed by atoms with Crippen molar-refractivity contribution in [2.24, 2.45) is 0 Å². The van der Waals surface area contributed by atoms with E-state index in [0.29, 0.717) is 5.57 Å². The van der Waals surface area contributed by atoms with Crippen LogP contribution in [-0.2, 0) is 9.59 Å². The maximum absolute atomic E-state index is 14.1. The Labute approximate surface area is 181 Å². The summed E-state index contributed by atoms with van der Waals surface area (Å²) in [5.41, 5.74) is 0.524. The molecule has 4 nitrogen and oxygen atoms in total. The van der Waals surface area contributed by atoms with Crippen molar-refractivity contribution in [1.29, 1.82) is 0 Å². The van der Waals surface area contributed by atoms with Gasteiger partial charge < -0.3 is 5.11 Å². The second-order valence-electron chi connectivity index (χ2n) is 7.16. The maximum Gasteiger partial charge on any atom is 0.258 e. The number of rotatable bonds is 3. The highest BCUT2D eigenvalue weighted by Crippen LogP contribution is 2.60. The molecule has 2 amide bonds. The summed E-state index contributed by atoms with van der Waals surface area (Å²) in [6, 6.07) is 8.55. The maximum atomic E-state index is 14.1. The van der Waals surface area contributed by atoms with Crippen molar-refractivity contribution in [2.45, 2.75) is 22.1 Å². The molecule has 0 radical (unpaired) electrons. The molecule has 1 heterocycles. The highest BCUT2D eigenvalue weighted by molar-refractivity contribution is 6.58. The lowest BCUT2D eigenvalue weighted by Gasteiger charge is -2.42. The monoisotopic (exact) mass is 449 g/mol. The Bertz CT molecular complexity index is 1120. The summed E-state index contributed by atoms with van der Waals surface area (Å²) in [4.78, 5) is 23.7. The van der Waals surface area contributed by atoms with Gasteiger partial charge in [-0.2, -0.15) is 0 Å². The molecule has 1 fully saturated rings. The summed E-state index contributed by atoms with van der Waals surface area (Å²) in [5.74, 6) is -4.94. The number of amides is 2. The average Bonchev–Trinajstić information content (AvgIpc) is 2.88. The molecule has 2 aliphatic rings. The zero-order valence-electron chi connectivity index (χ0n) is 15.4. The molecular weight excluding hydrogens is 435 g/mol. The number of benzene rings is 2. The number of halogens is 4. The average molecular weight is 450 g/mol. The molecule has 2 aromatic carbocycles. The number of aromatic hydroxyl groups is 1. The molecule has 154 valence electrons. The number of phenolic OH excluding ortho intramolecular Hbond substituents is 1. The smallest absolute Gasteiger partial charge is 0.258 e. The molecule has 1 aliphatic heterocycles. The lowest BCUT2D eigenvalue weighted by atomic mass is 9.68. The molecule has 0 aromatic heterocycles. The molecule has 0 spiro atoms. The second kappa shape index (κ2) is 6.93. The van der Waals surface area contributed by atoms with Gasteiger partial charge in [0.15, 0.2) is 21.3 Å². The van der Waals surface area contributed by atoms with E-state index in [1.54, 1.807) is 6.08 Å². The number of nitrogens with zero attached hydrogens (tertiary/aromatic N) is 1. The number of fused-ring (bicyclic) bond motifs is 1. The third-order valence-electron chi connectivity index (χ3n) is 5.63. The topological polar surface area (TPSA) is 57.6 Å². The zero-order chi connectivity index (χ0) is 21.8. The van der Waals surface area contributed by atoms with E-state index in [4.69, 9.17) is 23.2 Å². The van der Waals surface area contributed by atoms with Gasteiger partial charge in [0.25, 0.3) is 11.8 Å². The first-order valence-electron chi connectivity index (χ1n) is 8.99. The summed E-state index contributed by atoms with van der Waals surface area (Å²) in [5, 5.41) is 10.4. The standard InChI is InChI=1S/C22H15Cl2F2NO3/c1-2-12-10-11-21(23)19(29)27(14-8-6-13(25)7-9-14)20(30)22(21,24)17(12)15-4-3-5-16(26)18(15)28/h2-10,17,28H,1,11H2. The predicted octanol–water partition coefficient (Wildman–Crippen LogP) is 4.80. The van der Waals surface area contributed by atoms with Crippen LogP contribution in [0.2, 0.25) is 0 Å². The Balaban J connectivity index is 1.95. The number of carbonyl (C=O) groups excluding carboxylic acids is 2. The Kier molecular flexibility index (Phi) is 4.75. The minimum Gasteiger partial charge on any atom is -0.505 e. The van der Waals surface area contributed by atoms with Crippen LogP contribution in [0.3, 0.4) is 0 Å². The summed E-state index contributed by atoms with van der Waals surface area (Å²) in [6.07, 6.45) is 2.93. The van der Waals surface area contributed by atoms with Gasteiger partial charge in [0.05, 0.1) is 5.69 Å². The molecule has 4 rings (SSSR count). The fraction of sp³-hybridized carbons (Fsp3) is 0.182. The van der Waals surface area contributed by atoms with E-state index in [-0.39, 0.29) is 17.7 Å². The number of hydrogen-bond donors (Lipinski definition) is 1. The van der Waals surface area contributed by atoms with E-state index in [1.807, 2.05) is 0 Å². The first-order chi connectivity index (χ1) is 14.2. The largest absolute Gasteiger partial charge is 0.505 e. The third kappa shape index (κ3) is 2.57. The van der Waals surface area contributed by atoms with Crippen molar-refractivity contribution in [3.63, 3.8) is 0 Å². The number of imide groups is 1. The molecule has 1 saturated heterocycles. The van der Waals surface area contributed by atoms with Gasteiger partial charge in [-0.3, -0.25) is 9.59 Å². The van der Waals surface area contributed by atoms with Gasteiger partial charge in [-0.05, 0) is 42.3 Å². The van der Waals surface area contributed by atoms with Crippen molar-refractivity contribution in [3.05, 3.63) is 84.0 Å². The van der Waals surface area contributed by atoms with Crippen LogP contribution >= 0.6 is 23.2 Å². The highest BCUT2D eigenvalue weighted by Gasteiger charge is 2.73. The third-order valence-corrected chi connectivity index (χ3v) is 7.05. The Hall–Kier alpha value is -2.70. The number of anilines is 1. The van der Waals surface area contributed by atoms with Crippen molar-refractivity contribution in [2.75, 3.05) is 4.90 Å². The van der Waals surface area contributed by atoms with Crippen LogP contribution < -0.4 is 4.90 Å². The molecule has 8 heteroatoms. The SMILES string of the molecule is C=CC1=CCC2(Cl)C(=O)N(c3ccc(F)cc3)C(=O)C2(Cl)C1c1cccc(F)c1O. The minimum atomic E-state index is -2.08. The predicted molar refractivity (Wildman–Crippen MR) is 110 cm³/mol. The molecular formula is C22H15Cl2F2NO3. The van der Waals surface area contributed by atoms with Crippen LogP contribution in [0.5, 0.6) is 5.75 Å². The number of alkyl halides is 2. The number of para-hydroxylation sites is 1. The van der Waals surface area contributed by atoms with Crippen LogP contribution in [-0.4, -0.2) is 26.7 Å². The fourth-order valence-electron chi connectivity index (χ4n) is 4.14. The summed E-state index contributed by atoms with van der Waals surface area (Å²) >= 11 is 13.6. The van der Waals surface area contributed by atoms with Gasteiger partial charge in [-0.1, -0.05) is 30.9 Å². The van der Waals surface area contributed by atoms with Gasteiger partial charge in [0.1, 0.15) is 5.82 Å². The highest BCUT2D eigenvalue weighted by atomic mass is 35.5. The fourth-order valence-corrected chi connectivity index (χ4v) is 4.97. The minimum absolute atomic E-state index is 0.00276. The van der Waals surface area contributed by atoms with Crippen LogP contribution in [0.4, 0.5) is 14.5 Å². The van der Waals surface area contributed by atoms with Gasteiger partial charge in [0, 0.05) is 11.5 Å². The summed E-state index contributed by atoms with van der Waals surface area (Å²) < 4.78 is 27.5. The van der Waals surface area contributed by atoms with Gasteiger partial charge in [-0.25, -0.2) is 13.7 Å². The Morgan fingerprint density at radius 3 is 2.40 bits per heavy atom. The number of allylic oxidation sites excluding steroid dienone is 3. The summed E-state index contributed by atoms with van der Waals surface area (Å²) in [7, 11) is 0. The molecule has 1 aliphatic carbocycles. The van der Waals surface area contributed by atoms with Gasteiger partial charge >= 0.3 is 0 Å². The quantitative estimate of drug-likeness (QED) is 0.540. The number of carbonyl (C=O) groups is 2. The molecule has 3 unspecified atom stereocenters. The van der Waals surface area contributed by atoms with Crippen molar-refractivity contribution >= 4 is 40.7 Å². The molecule has 0 bridgehead atoms. The van der Waals surface area contributed by atoms with Crippen LogP contribution in [0.25, 0.3) is 0 Å². The lowest BCUT2D eigenvalue weighted by molar-refractivity contribution is -0.122. The Morgan fingerprint density at radius 2 is 1.77 bits per heavy atom. The number of hydrogen-bond acceptors (Lipinski definition) is 3.